The topological polar surface area (TPSA) is 55.6 Å². The molecule has 2 N–H and O–H groups in total. The summed E-state index contributed by atoms with van der Waals surface area (Å²) < 4.78 is 4.82. The van der Waals surface area contributed by atoms with Crippen molar-refractivity contribution in [1.29, 1.82) is 0 Å². The molecule has 1 atom stereocenters. The highest BCUT2D eigenvalue weighted by Crippen LogP contribution is 2.35. The van der Waals surface area contributed by atoms with Gasteiger partial charge in [0.1, 0.15) is 0 Å². The molecule has 1 heterocycles. The molecule has 0 amide bonds. The van der Waals surface area contributed by atoms with E-state index < -0.39 is 0 Å². The van der Waals surface area contributed by atoms with E-state index in [1.165, 1.54) is 12.7 Å². The average Bonchev–Trinajstić information content (AvgIpc) is 2.72. The first-order chi connectivity index (χ1) is 13.1. The van der Waals surface area contributed by atoms with Gasteiger partial charge in [-0.3, -0.25) is 4.79 Å². The molecule has 0 radical (unpaired) electrons. The number of benzene rings is 2. The first-order valence-electron chi connectivity index (χ1n) is 9.88. The molecule has 144 valence electrons. The SMILES string of the molecule is CCC(CC(=O)OC)c1ccc(N2CCC(c3ccccc3)CC2)c(N)c1. The van der Waals surface area contributed by atoms with Crippen molar-refractivity contribution in [2.45, 2.75) is 44.4 Å². The van der Waals surface area contributed by atoms with E-state index in [0.29, 0.717) is 12.3 Å². The fourth-order valence-electron chi connectivity index (χ4n) is 4.08. The molecule has 1 fully saturated rings. The van der Waals surface area contributed by atoms with E-state index in [1.807, 2.05) is 6.07 Å². The number of anilines is 2. The maximum absolute atomic E-state index is 11.6. The lowest BCUT2D eigenvalue weighted by atomic mass is 9.89. The van der Waals surface area contributed by atoms with Crippen molar-refractivity contribution in [3.05, 3.63) is 59.7 Å². The number of nitrogen functional groups attached to an aromatic ring is 1. The Labute approximate surface area is 162 Å². The minimum absolute atomic E-state index is 0.151. The number of ether oxygens (including phenoxy) is 1. The van der Waals surface area contributed by atoms with Gasteiger partial charge in [0.15, 0.2) is 0 Å². The first-order valence-corrected chi connectivity index (χ1v) is 9.88. The van der Waals surface area contributed by atoms with Crippen LogP contribution in [0.1, 0.15) is 55.6 Å². The second-order valence-electron chi connectivity index (χ2n) is 7.38. The Morgan fingerprint density at radius 3 is 2.48 bits per heavy atom. The van der Waals surface area contributed by atoms with Crippen LogP contribution in [0.25, 0.3) is 0 Å². The molecular formula is C23H30N2O2. The Hall–Kier alpha value is -2.49. The Kier molecular flexibility index (Phi) is 6.38. The van der Waals surface area contributed by atoms with Crippen LogP contribution in [0, 0.1) is 0 Å². The maximum atomic E-state index is 11.6. The van der Waals surface area contributed by atoms with Crippen molar-refractivity contribution in [1.82, 2.24) is 0 Å². The largest absolute Gasteiger partial charge is 0.469 e. The Morgan fingerprint density at radius 2 is 1.89 bits per heavy atom. The van der Waals surface area contributed by atoms with E-state index in [-0.39, 0.29) is 11.9 Å². The van der Waals surface area contributed by atoms with E-state index in [9.17, 15) is 4.79 Å². The van der Waals surface area contributed by atoms with Gasteiger partial charge in [-0.1, -0.05) is 43.3 Å². The van der Waals surface area contributed by atoms with Crippen LogP contribution in [-0.4, -0.2) is 26.2 Å². The van der Waals surface area contributed by atoms with E-state index in [4.69, 9.17) is 10.5 Å². The van der Waals surface area contributed by atoms with Crippen molar-refractivity contribution < 1.29 is 9.53 Å². The van der Waals surface area contributed by atoms with Gasteiger partial charge in [0, 0.05) is 13.1 Å². The van der Waals surface area contributed by atoms with Gasteiger partial charge in [0.25, 0.3) is 0 Å². The molecule has 4 heteroatoms. The van der Waals surface area contributed by atoms with Crippen molar-refractivity contribution in [2.75, 3.05) is 30.8 Å². The number of hydrogen-bond donors (Lipinski definition) is 1. The smallest absolute Gasteiger partial charge is 0.306 e. The van der Waals surface area contributed by atoms with Gasteiger partial charge < -0.3 is 15.4 Å². The summed E-state index contributed by atoms with van der Waals surface area (Å²) in [5.41, 5.74) is 10.9. The summed E-state index contributed by atoms with van der Waals surface area (Å²) in [5.74, 6) is 0.609. The van der Waals surface area contributed by atoms with Crippen LogP contribution in [0.15, 0.2) is 48.5 Å². The molecule has 2 aromatic rings. The molecule has 0 bridgehead atoms. The second-order valence-corrected chi connectivity index (χ2v) is 7.38. The number of hydrogen-bond acceptors (Lipinski definition) is 4. The predicted octanol–water partition coefficient (Wildman–Crippen LogP) is 4.71. The van der Waals surface area contributed by atoms with Gasteiger partial charge in [-0.2, -0.15) is 0 Å². The third-order valence-electron chi connectivity index (χ3n) is 5.76. The van der Waals surface area contributed by atoms with Gasteiger partial charge in [-0.15, -0.1) is 0 Å². The molecule has 27 heavy (non-hydrogen) atoms. The molecule has 1 saturated heterocycles. The van der Waals surface area contributed by atoms with Gasteiger partial charge >= 0.3 is 5.97 Å². The highest BCUT2D eigenvalue weighted by Gasteiger charge is 2.22. The fraction of sp³-hybridized carbons (Fsp3) is 0.435. The highest BCUT2D eigenvalue weighted by molar-refractivity contribution is 5.72. The number of carbonyl (C=O) groups is 1. The third kappa shape index (κ3) is 4.62. The summed E-state index contributed by atoms with van der Waals surface area (Å²) in [4.78, 5) is 14.0. The number of nitrogens with zero attached hydrogens (tertiary/aromatic N) is 1. The molecule has 0 aliphatic carbocycles. The molecular weight excluding hydrogens is 336 g/mol. The molecule has 3 rings (SSSR count). The summed E-state index contributed by atoms with van der Waals surface area (Å²) in [5, 5.41) is 0. The zero-order valence-corrected chi connectivity index (χ0v) is 16.4. The summed E-state index contributed by atoms with van der Waals surface area (Å²) in [7, 11) is 1.44. The molecule has 1 unspecified atom stereocenters. The van der Waals surface area contributed by atoms with Crippen LogP contribution in [0.2, 0.25) is 0 Å². The Balaban J connectivity index is 1.67. The van der Waals surface area contributed by atoms with Gasteiger partial charge in [-0.05, 0) is 54.4 Å². The lowest BCUT2D eigenvalue weighted by Gasteiger charge is -2.34. The normalized spacial score (nSPS) is 16.1. The van der Waals surface area contributed by atoms with Crippen LogP contribution in [-0.2, 0) is 9.53 Å². The molecule has 0 aromatic heterocycles. The molecule has 0 spiro atoms. The second kappa shape index (κ2) is 8.94. The van der Waals surface area contributed by atoms with Gasteiger partial charge in [-0.25, -0.2) is 0 Å². The van der Waals surface area contributed by atoms with Crippen molar-refractivity contribution in [3.63, 3.8) is 0 Å². The van der Waals surface area contributed by atoms with Crippen LogP contribution >= 0.6 is 0 Å². The number of esters is 1. The zero-order valence-electron chi connectivity index (χ0n) is 16.4. The van der Waals surface area contributed by atoms with Crippen molar-refractivity contribution >= 4 is 17.3 Å². The van der Waals surface area contributed by atoms with Crippen LogP contribution < -0.4 is 10.6 Å². The van der Waals surface area contributed by atoms with E-state index in [0.717, 1.165) is 49.3 Å². The van der Waals surface area contributed by atoms with Crippen LogP contribution in [0.3, 0.4) is 0 Å². The quantitative estimate of drug-likeness (QED) is 0.594. The fourth-order valence-corrected chi connectivity index (χ4v) is 4.08. The third-order valence-corrected chi connectivity index (χ3v) is 5.76. The van der Waals surface area contributed by atoms with Crippen LogP contribution in [0.5, 0.6) is 0 Å². The summed E-state index contributed by atoms with van der Waals surface area (Å²) in [6.45, 7) is 4.12. The summed E-state index contributed by atoms with van der Waals surface area (Å²) in [6.07, 6.45) is 3.57. The Bertz CT molecular complexity index is 752. The first kappa shape index (κ1) is 19.3. The molecule has 2 aromatic carbocycles. The van der Waals surface area contributed by atoms with Crippen molar-refractivity contribution in [3.8, 4) is 0 Å². The van der Waals surface area contributed by atoms with Crippen molar-refractivity contribution in [2.24, 2.45) is 0 Å². The van der Waals surface area contributed by atoms with E-state index >= 15 is 0 Å². The lowest BCUT2D eigenvalue weighted by molar-refractivity contribution is -0.141. The highest BCUT2D eigenvalue weighted by atomic mass is 16.5. The maximum Gasteiger partial charge on any atom is 0.306 e. The van der Waals surface area contributed by atoms with Crippen LogP contribution in [0.4, 0.5) is 11.4 Å². The van der Waals surface area contributed by atoms with E-state index in [2.05, 4.69) is 54.3 Å². The standard InChI is InChI=1S/C23H30N2O2/c1-3-17(16-23(26)27-2)20-9-10-22(21(24)15-20)25-13-11-19(12-14-25)18-7-5-4-6-8-18/h4-10,15,17,19H,3,11-14,16,24H2,1-2H3. The number of methoxy groups -OCH3 is 1. The summed E-state index contributed by atoms with van der Waals surface area (Å²) in [6, 6.07) is 17.1. The average molecular weight is 367 g/mol. The Morgan fingerprint density at radius 1 is 1.19 bits per heavy atom. The number of carbonyl (C=O) groups excluding carboxylic acids is 1. The van der Waals surface area contributed by atoms with Gasteiger partial charge in [0.2, 0.25) is 0 Å². The molecule has 1 aliphatic rings. The molecule has 0 saturated carbocycles. The number of piperidine rings is 1. The summed E-state index contributed by atoms with van der Waals surface area (Å²) >= 11 is 0. The monoisotopic (exact) mass is 366 g/mol. The predicted molar refractivity (Wildman–Crippen MR) is 111 cm³/mol. The van der Waals surface area contributed by atoms with E-state index in [1.54, 1.807) is 0 Å². The number of rotatable bonds is 6. The minimum Gasteiger partial charge on any atom is -0.469 e. The zero-order chi connectivity index (χ0) is 19.2. The number of nitrogens with two attached hydrogens (primary N) is 1. The minimum atomic E-state index is -0.174. The molecule has 4 nitrogen and oxygen atoms in total. The molecule has 1 aliphatic heterocycles. The van der Waals surface area contributed by atoms with Gasteiger partial charge in [0.05, 0.1) is 24.9 Å². The lowest BCUT2D eigenvalue weighted by Crippen LogP contribution is -2.33.